The number of hydrogen-bond donors (Lipinski definition) is 1. The largest absolute Gasteiger partial charge is 0.421 e. The van der Waals surface area contributed by atoms with E-state index in [1.165, 1.54) is 12.1 Å². The monoisotopic (exact) mass is 248 g/mol. The van der Waals surface area contributed by atoms with Crippen molar-refractivity contribution in [2.24, 2.45) is 0 Å². The summed E-state index contributed by atoms with van der Waals surface area (Å²) in [7, 11) is 1.84. The zero-order chi connectivity index (χ0) is 13.0. The molecule has 0 atom stereocenters. The molecule has 1 heterocycles. The molecule has 2 rings (SSSR count). The van der Waals surface area contributed by atoms with E-state index in [4.69, 9.17) is 4.42 Å². The van der Waals surface area contributed by atoms with Gasteiger partial charge in [0, 0.05) is 30.7 Å². The minimum Gasteiger partial charge on any atom is -0.421 e. The Hall–Kier alpha value is -2.28. The fourth-order valence-corrected chi connectivity index (χ4v) is 1.43. The van der Waals surface area contributed by atoms with Crippen LogP contribution in [0.25, 0.3) is 11.5 Å². The van der Waals surface area contributed by atoms with Gasteiger partial charge in [-0.05, 0) is 19.2 Å². The van der Waals surface area contributed by atoms with Crippen LogP contribution in [0.2, 0.25) is 0 Å². The van der Waals surface area contributed by atoms with Crippen LogP contribution in [0, 0.1) is 10.1 Å². The Balaban J connectivity index is 2.15. The Morgan fingerprint density at radius 2 is 2.06 bits per heavy atom. The molecule has 0 bridgehead atoms. The van der Waals surface area contributed by atoms with E-state index in [0.29, 0.717) is 23.8 Å². The van der Waals surface area contributed by atoms with Crippen molar-refractivity contribution in [3.05, 3.63) is 40.3 Å². The summed E-state index contributed by atoms with van der Waals surface area (Å²) in [6, 6.07) is 6.00. The summed E-state index contributed by atoms with van der Waals surface area (Å²) in [6.07, 6.45) is 0.649. The number of nitro groups is 1. The van der Waals surface area contributed by atoms with E-state index >= 15 is 0 Å². The molecule has 0 radical (unpaired) electrons. The number of rotatable bonds is 5. The lowest BCUT2D eigenvalue weighted by Gasteiger charge is -1.95. The smallest absolute Gasteiger partial charge is 0.269 e. The topological polar surface area (TPSA) is 94.1 Å². The van der Waals surface area contributed by atoms with Crippen LogP contribution >= 0.6 is 0 Å². The van der Waals surface area contributed by atoms with Crippen molar-refractivity contribution in [2.45, 2.75) is 6.42 Å². The second-order valence-electron chi connectivity index (χ2n) is 3.66. The molecule has 2 aromatic rings. The summed E-state index contributed by atoms with van der Waals surface area (Å²) in [5, 5.41) is 21.3. The van der Waals surface area contributed by atoms with Crippen LogP contribution in [-0.4, -0.2) is 28.7 Å². The Labute approximate surface area is 103 Å². The number of aromatic nitrogens is 2. The molecule has 94 valence electrons. The Kier molecular flexibility index (Phi) is 3.63. The number of likely N-dealkylation sites (N-methyl/N-ethyl adjacent to an activating group) is 1. The van der Waals surface area contributed by atoms with Gasteiger partial charge in [-0.25, -0.2) is 0 Å². The van der Waals surface area contributed by atoms with Crippen molar-refractivity contribution in [3.8, 4) is 11.5 Å². The molecule has 1 N–H and O–H groups in total. The molecule has 0 aliphatic carbocycles. The zero-order valence-corrected chi connectivity index (χ0v) is 9.79. The number of nitrogens with zero attached hydrogens (tertiary/aromatic N) is 3. The highest BCUT2D eigenvalue weighted by molar-refractivity contribution is 5.55. The second kappa shape index (κ2) is 5.37. The van der Waals surface area contributed by atoms with Crippen LogP contribution in [-0.2, 0) is 6.42 Å². The van der Waals surface area contributed by atoms with E-state index < -0.39 is 4.92 Å². The molecule has 7 nitrogen and oxygen atoms in total. The maximum Gasteiger partial charge on any atom is 0.269 e. The highest BCUT2D eigenvalue weighted by atomic mass is 16.6. The summed E-state index contributed by atoms with van der Waals surface area (Å²) < 4.78 is 5.44. The van der Waals surface area contributed by atoms with Gasteiger partial charge in [0.05, 0.1) is 4.92 Å². The van der Waals surface area contributed by atoms with Gasteiger partial charge < -0.3 is 9.73 Å². The molecule has 0 unspecified atom stereocenters. The lowest BCUT2D eigenvalue weighted by atomic mass is 10.2. The van der Waals surface area contributed by atoms with Crippen molar-refractivity contribution in [1.29, 1.82) is 0 Å². The molecule has 1 aromatic heterocycles. The Morgan fingerprint density at radius 3 is 2.67 bits per heavy atom. The van der Waals surface area contributed by atoms with Crippen molar-refractivity contribution < 1.29 is 9.34 Å². The predicted molar refractivity (Wildman–Crippen MR) is 64.0 cm³/mol. The lowest BCUT2D eigenvalue weighted by Crippen LogP contribution is -2.10. The van der Waals surface area contributed by atoms with E-state index in [1.807, 2.05) is 7.05 Å². The minimum atomic E-state index is -0.448. The summed E-state index contributed by atoms with van der Waals surface area (Å²) in [5.41, 5.74) is 0.706. The lowest BCUT2D eigenvalue weighted by molar-refractivity contribution is -0.384. The minimum absolute atomic E-state index is 0.0358. The van der Waals surface area contributed by atoms with Crippen molar-refractivity contribution in [3.63, 3.8) is 0 Å². The van der Waals surface area contributed by atoms with Crippen molar-refractivity contribution >= 4 is 5.69 Å². The standard InChI is InChI=1S/C11H12N4O3/c1-12-7-6-10-13-14-11(18-10)8-2-4-9(5-3-8)15(16)17/h2-5,12H,6-7H2,1H3. The van der Waals surface area contributed by atoms with Crippen LogP contribution in [0.1, 0.15) is 5.89 Å². The molecule has 7 heteroatoms. The molecular weight excluding hydrogens is 236 g/mol. The summed E-state index contributed by atoms with van der Waals surface area (Å²) in [4.78, 5) is 10.1. The first kappa shape index (κ1) is 12.2. The van der Waals surface area contributed by atoms with E-state index in [-0.39, 0.29) is 5.69 Å². The first-order valence-electron chi connectivity index (χ1n) is 5.42. The average Bonchev–Trinajstić information content (AvgIpc) is 2.85. The van der Waals surface area contributed by atoms with Crippen LogP contribution in [0.4, 0.5) is 5.69 Å². The highest BCUT2D eigenvalue weighted by Crippen LogP contribution is 2.21. The number of benzene rings is 1. The average molecular weight is 248 g/mol. The first-order chi connectivity index (χ1) is 8.70. The van der Waals surface area contributed by atoms with Gasteiger partial charge in [-0.1, -0.05) is 0 Å². The summed E-state index contributed by atoms with van der Waals surface area (Å²) in [6.45, 7) is 0.752. The van der Waals surface area contributed by atoms with Crippen LogP contribution in [0.3, 0.4) is 0 Å². The number of hydrogen-bond acceptors (Lipinski definition) is 6. The first-order valence-corrected chi connectivity index (χ1v) is 5.42. The normalized spacial score (nSPS) is 10.5. The van der Waals surface area contributed by atoms with Gasteiger partial charge in [-0.3, -0.25) is 10.1 Å². The summed E-state index contributed by atoms with van der Waals surface area (Å²) >= 11 is 0. The van der Waals surface area contributed by atoms with Gasteiger partial charge in [0.2, 0.25) is 11.8 Å². The van der Waals surface area contributed by atoms with Crippen LogP contribution < -0.4 is 5.32 Å². The number of non-ortho nitro benzene ring substituents is 1. The molecule has 18 heavy (non-hydrogen) atoms. The maximum atomic E-state index is 10.5. The number of nitrogens with one attached hydrogen (secondary N) is 1. The Bertz CT molecular complexity index is 535. The molecule has 0 saturated heterocycles. The van der Waals surface area contributed by atoms with Gasteiger partial charge in [-0.2, -0.15) is 0 Å². The molecule has 0 amide bonds. The van der Waals surface area contributed by atoms with Crippen molar-refractivity contribution in [2.75, 3.05) is 13.6 Å². The van der Waals surface area contributed by atoms with E-state index in [1.54, 1.807) is 12.1 Å². The molecule has 0 aliphatic rings. The molecular formula is C11H12N4O3. The second-order valence-corrected chi connectivity index (χ2v) is 3.66. The van der Waals surface area contributed by atoms with Gasteiger partial charge >= 0.3 is 0 Å². The molecule has 0 fully saturated rings. The maximum absolute atomic E-state index is 10.5. The third-order valence-electron chi connectivity index (χ3n) is 2.38. The molecule has 0 aliphatic heterocycles. The number of nitro benzene ring substituents is 1. The van der Waals surface area contributed by atoms with Crippen LogP contribution in [0.15, 0.2) is 28.7 Å². The fourth-order valence-electron chi connectivity index (χ4n) is 1.43. The third kappa shape index (κ3) is 2.69. The quantitative estimate of drug-likeness (QED) is 0.635. The molecule has 0 spiro atoms. The van der Waals surface area contributed by atoms with Gasteiger partial charge in [-0.15, -0.1) is 10.2 Å². The van der Waals surface area contributed by atoms with Gasteiger partial charge in [0.25, 0.3) is 5.69 Å². The molecule has 0 saturated carbocycles. The van der Waals surface area contributed by atoms with Gasteiger partial charge in [0.1, 0.15) is 0 Å². The van der Waals surface area contributed by atoms with E-state index in [9.17, 15) is 10.1 Å². The van der Waals surface area contributed by atoms with Gasteiger partial charge in [0.15, 0.2) is 0 Å². The van der Waals surface area contributed by atoms with Crippen molar-refractivity contribution in [1.82, 2.24) is 15.5 Å². The fraction of sp³-hybridized carbons (Fsp3) is 0.273. The van der Waals surface area contributed by atoms with E-state index in [0.717, 1.165) is 6.54 Å². The third-order valence-corrected chi connectivity index (χ3v) is 2.38. The zero-order valence-electron chi connectivity index (χ0n) is 9.79. The highest BCUT2D eigenvalue weighted by Gasteiger charge is 2.10. The predicted octanol–water partition coefficient (Wildman–Crippen LogP) is 1.41. The summed E-state index contributed by atoms with van der Waals surface area (Å²) in [5.74, 6) is 0.911. The SMILES string of the molecule is CNCCc1nnc(-c2ccc([N+](=O)[O-])cc2)o1. The molecule has 1 aromatic carbocycles. The van der Waals surface area contributed by atoms with Crippen LogP contribution in [0.5, 0.6) is 0 Å². The van der Waals surface area contributed by atoms with E-state index in [2.05, 4.69) is 15.5 Å². The Morgan fingerprint density at radius 1 is 1.33 bits per heavy atom.